The molecule has 6 heteroatoms. The van der Waals surface area contributed by atoms with Gasteiger partial charge >= 0.3 is 0 Å². The lowest BCUT2D eigenvalue weighted by Gasteiger charge is -2.32. The van der Waals surface area contributed by atoms with Crippen molar-refractivity contribution in [3.63, 3.8) is 0 Å². The summed E-state index contributed by atoms with van der Waals surface area (Å²) in [5.74, 6) is 2.21. The van der Waals surface area contributed by atoms with E-state index < -0.39 is 5.66 Å². The van der Waals surface area contributed by atoms with E-state index in [1.165, 1.54) is 5.56 Å². The Kier molecular flexibility index (Phi) is 4.50. The van der Waals surface area contributed by atoms with Crippen molar-refractivity contribution in [2.75, 3.05) is 13.3 Å². The van der Waals surface area contributed by atoms with Gasteiger partial charge in [-0.2, -0.15) is 0 Å². The van der Waals surface area contributed by atoms with Crippen molar-refractivity contribution < 1.29 is 9.47 Å². The van der Waals surface area contributed by atoms with Gasteiger partial charge < -0.3 is 25.8 Å². The second kappa shape index (κ2) is 7.09. The topological polar surface area (TPSA) is 80.9 Å². The summed E-state index contributed by atoms with van der Waals surface area (Å²) in [6.07, 6.45) is 5.18. The lowest BCUT2D eigenvalue weighted by Crippen LogP contribution is -2.61. The van der Waals surface area contributed by atoms with Gasteiger partial charge in [-0.05, 0) is 24.1 Å². The van der Waals surface area contributed by atoms with Gasteiger partial charge in [-0.1, -0.05) is 42.5 Å². The van der Waals surface area contributed by atoms with Crippen LogP contribution in [-0.2, 0) is 12.8 Å². The van der Waals surface area contributed by atoms with Gasteiger partial charge in [0, 0.05) is 24.7 Å². The lowest BCUT2D eigenvalue weighted by atomic mass is 9.98. The number of nitrogens with two attached hydrogens (primary N) is 1. The largest absolute Gasteiger partial charge is 0.454 e. The number of para-hydroxylation sites is 1. The molecular formula is C20H22N4O2. The first-order valence-corrected chi connectivity index (χ1v) is 8.69. The summed E-state index contributed by atoms with van der Waals surface area (Å²) >= 11 is 0. The summed E-state index contributed by atoms with van der Waals surface area (Å²) < 4.78 is 11.0. The molecule has 4 rings (SSSR count). The van der Waals surface area contributed by atoms with Gasteiger partial charge in [-0.3, -0.25) is 4.99 Å². The van der Waals surface area contributed by atoms with E-state index in [1.54, 1.807) is 0 Å². The predicted octanol–water partition coefficient (Wildman–Crippen LogP) is 1.92. The number of hydrogen-bond donors (Lipinski definition) is 3. The molecule has 2 aromatic carbocycles. The zero-order valence-corrected chi connectivity index (χ0v) is 14.4. The summed E-state index contributed by atoms with van der Waals surface area (Å²) in [5, 5.41) is 6.41. The lowest BCUT2D eigenvalue weighted by molar-refractivity contribution is 0.173. The summed E-state index contributed by atoms with van der Waals surface area (Å²) in [7, 11) is 0. The summed E-state index contributed by atoms with van der Waals surface area (Å²) in [4.78, 5) is 4.60. The molecule has 1 unspecified atom stereocenters. The fourth-order valence-electron chi connectivity index (χ4n) is 3.14. The van der Waals surface area contributed by atoms with Crippen LogP contribution in [0.5, 0.6) is 11.5 Å². The molecule has 0 aliphatic carbocycles. The molecule has 0 fully saturated rings. The number of nitrogens with zero attached hydrogens (tertiary/aromatic N) is 1. The minimum atomic E-state index is -0.738. The van der Waals surface area contributed by atoms with Gasteiger partial charge in [-0.25, -0.2) is 0 Å². The normalized spacial score (nSPS) is 22.1. The van der Waals surface area contributed by atoms with E-state index in [-0.39, 0.29) is 6.79 Å². The third kappa shape index (κ3) is 3.65. The quantitative estimate of drug-likeness (QED) is 0.768. The Morgan fingerprint density at radius 3 is 2.85 bits per heavy atom. The second-order valence-corrected chi connectivity index (χ2v) is 6.44. The molecular weight excluding hydrogens is 328 g/mol. The molecule has 134 valence electrons. The van der Waals surface area contributed by atoms with Crippen LogP contribution in [0.4, 0.5) is 0 Å². The first-order valence-electron chi connectivity index (χ1n) is 8.69. The summed E-state index contributed by atoms with van der Waals surface area (Å²) in [6, 6.07) is 16.2. The Morgan fingerprint density at radius 2 is 1.96 bits per heavy atom. The SMILES string of the molecule is NC1(Cc2cccc3c2OCO3)C=CNC(=NCCc2ccccc2)N1. The van der Waals surface area contributed by atoms with Crippen LogP contribution in [-0.4, -0.2) is 25.0 Å². The number of rotatable bonds is 5. The number of ether oxygens (including phenoxy) is 2. The molecule has 0 amide bonds. The highest BCUT2D eigenvalue weighted by Gasteiger charge is 2.29. The maximum atomic E-state index is 6.54. The first kappa shape index (κ1) is 16.5. The Hall–Kier alpha value is -2.99. The first-order chi connectivity index (χ1) is 12.7. The van der Waals surface area contributed by atoms with E-state index in [2.05, 4.69) is 27.8 Å². The Balaban J connectivity index is 1.42. The summed E-state index contributed by atoms with van der Waals surface area (Å²) in [6.45, 7) is 0.932. The molecule has 0 radical (unpaired) electrons. The van der Waals surface area contributed by atoms with E-state index >= 15 is 0 Å². The van der Waals surface area contributed by atoms with Crippen LogP contribution in [0, 0.1) is 0 Å². The van der Waals surface area contributed by atoms with Crippen molar-refractivity contribution in [3.05, 3.63) is 71.9 Å². The van der Waals surface area contributed by atoms with Crippen LogP contribution in [0.25, 0.3) is 0 Å². The number of guanidine groups is 1. The number of fused-ring (bicyclic) bond motifs is 1. The zero-order valence-electron chi connectivity index (χ0n) is 14.4. The van der Waals surface area contributed by atoms with Crippen LogP contribution >= 0.6 is 0 Å². The molecule has 26 heavy (non-hydrogen) atoms. The Bertz CT molecular complexity index is 835. The van der Waals surface area contributed by atoms with Gasteiger partial charge in [0.25, 0.3) is 0 Å². The van der Waals surface area contributed by atoms with Gasteiger partial charge in [0.2, 0.25) is 6.79 Å². The van der Waals surface area contributed by atoms with Crippen LogP contribution in [0.2, 0.25) is 0 Å². The molecule has 0 aromatic heterocycles. The molecule has 2 aliphatic heterocycles. The molecule has 0 spiro atoms. The molecule has 6 nitrogen and oxygen atoms in total. The fraction of sp³-hybridized carbons (Fsp3) is 0.250. The third-order valence-electron chi connectivity index (χ3n) is 4.43. The molecule has 2 aliphatic rings. The average molecular weight is 350 g/mol. The monoisotopic (exact) mass is 350 g/mol. The van der Waals surface area contributed by atoms with Crippen molar-refractivity contribution in [2.45, 2.75) is 18.5 Å². The van der Waals surface area contributed by atoms with Crippen LogP contribution < -0.4 is 25.8 Å². The number of aliphatic imine (C=N–C) groups is 1. The third-order valence-corrected chi connectivity index (χ3v) is 4.43. The summed E-state index contributed by atoms with van der Waals surface area (Å²) in [5.41, 5.74) is 8.07. The minimum Gasteiger partial charge on any atom is -0.454 e. The van der Waals surface area contributed by atoms with Gasteiger partial charge in [0.05, 0.1) is 0 Å². The van der Waals surface area contributed by atoms with Crippen LogP contribution in [0.15, 0.2) is 65.8 Å². The van der Waals surface area contributed by atoms with Crippen LogP contribution in [0.3, 0.4) is 0 Å². The van der Waals surface area contributed by atoms with Crippen molar-refractivity contribution >= 4 is 5.96 Å². The van der Waals surface area contributed by atoms with E-state index in [0.29, 0.717) is 18.9 Å². The van der Waals surface area contributed by atoms with Gasteiger partial charge in [0.15, 0.2) is 17.5 Å². The molecule has 2 heterocycles. The van der Waals surface area contributed by atoms with Gasteiger partial charge in [0.1, 0.15) is 5.66 Å². The molecule has 0 bridgehead atoms. The molecule has 0 saturated heterocycles. The zero-order chi connectivity index (χ0) is 17.8. The second-order valence-electron chi connectivity index (χ2n) is 6.44. The predicted molar refractivity (Wildman–Crippen MR) is 101 cm³/mol. The molecule has 1 atom stereocenters. The minimum absolute atomic E-state index is 0.251. The number of nitrogens with one attached hydrogen (secondary N) is 2. The maximum absolute atomic E-state index is 6.54. The molecule has 4 N–H and O–H groups in total. The van der Waals surface area contributed by atoms with Crippen molar-refractivity contribution in [2.24, 2.45) is 10.7 Å². The van der Waals surface area contributed by atoms with E-state index in [9.17, 15) is 0 Å². The standard InChI is InChI=1S/C20H22N4O2/c21-20(13-16-7-4-8-17-18(16)26-14-25-17)10-12-23-19(24-20)22-11-9-15-5-2-1-3-6-15/h1-8,10,12H,9,11,13-14,21H2,(H2,22,23,24). The number of hydrogen-bond acceptors (Lipinski definition) is 4. The molecule has 0 saturated carbocycles. The smallest absolute Gasteiger partial charge is 0.231 e. The average Bonchev–Trinajstić information content (AvgIpc) is 3.12. The van der Waals surface area contributed by atoms with E-state index in [0.717, 1.165) is 23.5 Å². The van der Waals surface area contributed by atoms with Crippen molar-refractivity contribution in [1.82, 2.24) is 10.6 Å². The van der Waals surface area contributed by atoms with E-state index in [1.807, 2.05) is 48.7 Å². The highest BCUT2D eigenvalue weighted by molar-refractivity contribution is 5.83. The molecule has 2 aromatic rings. The van der Waals surface area contributed by atoms with Crippen molar-refractivity contribution in [1.29, 1.82) is 0 Å². The van der Waals surface area contributed by atoms with Gasteiger partial charge in [-0.15, -0.1) is 0 Å². The Morgan fingerprint density at radius 1 is 1.08 bits per heavy atom. The van der Waals surface area contributed by atoms with E-state index in [4.69, 9.17) is 15.2 Å². The number of benzene rings is 2. The maximum Gasteiger partial charge on any atom is 0.231 e. The van der Waals surface area contributed by atoms with Crippen LogP contribution in [0.1, 0.15) is 11.1 Å². The Labute approximate surface area is 152 Å². The highest BCUT2D eigenvalue weighted by Crippen LogP contribution is 2.36. The fourth-order valence-corrected chi connectivity index (χ4v) is 3.14. The highest BCUT2D eigenvalue weighted by atomic mass is 16.7. The van der Waals surface area contributed by atoms with Crippen molar-refractivity contribution in [3.8, 4) is 11.5 Å².